The van der Waals surface area contributed by atoms with Crippen molar-refractivity contribution in [1.82, 2.24) is 9.88 Å². The number of amidine groups is 1. The van der Waals surface area contributed by atoms with Crippen LogP contribution in [0.1, 0.15) is 58.8 Å². The van der Waals surface area contributed by atoms with Gasteiger partial charge in [-0.05, 0) is 50.5 Å². The first kappa shape index (κ1) is 21.8. The molecule has 9 heteroatoms. The molecular weight excluding hydrogens is 404 g/mol. The molecule has 2 aromatic rings. The lowest BCUT2D eigenvalue weighted by molar-refractivity contribution is 0.101. The molecule has 30 heavy (non-hydrogen) atoms. The zero-order valence-corrected chi connectivity index (χ0v) is 18.4. The molecule has 0 spiro atoms. The van der Waals surface area contributed by atoms with Gasteiger partial charge < -0.3 is 15.2 Å². The third-order valence-electron chi connectivity index (χ3n) is 5.17. The van der Waals surface area contributed by atoms with Gasteiger partial charge in [-0.3, -0.25) is 9.59 Å². The highest BCUT2D eigenvalue weighted by Gasteiger charge is 2.23. The minimum Gasteiger partial charge on any atom is -0.362 e. The topological polar surface area (TPSA) is 112 Å². The fourth-order valence-electron chi connectivity index (χ4n) is 3.73. The van der Waals surface area contributed by atoms with Gasteiger partial charge in [-0.25, -0.2) is 0 Å². The predicted octanol–water partition coefficient (Wildman–Crippen LogP) is 3.15. The number of hydrogen-bond acceptors (Lipinski definition) is 4. The van der Waals surface area contributed by atoms with Crippen LogP contribution in [0.15, 0.2) is 33.6 Å². The van der Waals surface area contributed by atoms with E-state index in [0.29, 0.717) is 46.9 Å². The molecule has 0 radical (unpaired) electrons. The fourth-order valence-corrected chi connectivity index (χ4v) is 4.87. The van der Waals surface area contributed by atoms with Gasteiger partial charge in [-0.2, -0.15) is 8.42 Å². The van der Waals surface area contributed by atoms with Crippen LogP contribution < -0.4 is 5.32 Å². The number of hydrogen-bond donors (Lipinski definition) is 2. The zero-order valence-electron chi connectivity index (χ0n) is 17.6. The summed E-state index contributed by atoms with van der Waals surface area (Å²) in [5, 5.41) is 2.72. The maximum atomic E-state index is 12.8. The van der Waals surface area contributed by atoms with Crippen molar-refractivity contribution in [3.63, 3.8) is 0 Å². The van der Waals surface area contributed by atoms with Gasteiger partial charge in [0.1, 0.15) is 11.5 Å². The highest BCUT2D eigenvalue weighted by atomic mass is 32.2. The molecule has 2 heterocycles. The summed E-state index contributed by atoms with van der Waals surface area (Å²) in [6.45, 7) is 5.87. The monoisotopic (exact) mass is 430 g/mol. The minimum atomic E-state index is -3.88. The first-order chi connectivity index (χ1) is 14.1. The van der Waals surface area contributed by atoms with Crippen molar-refractivity contribution in [2.75, 3.05) is 18.9 Å². The Morgan fingerprint density at radius 1 is 1.30 bits per heavy atom. The van der Waals surface area contributed by atoms with Crippen molar-refractivity contribution < 1.29 is 18.0 Å². The Balaban J connectivity index is 1.88. The summed E-state index contributed by atoms with van der Waals surface area (Å²) in [5.74, 6) is -0.00165. The lowest BCUT2D eigenvalue weighted by Crippen LogP contribution is -2.20. The van der Waals surface area contributed by atoms with Gasteiger partial charge in [-0.1, -0.05) is 13.0 Å². The summed E-state index contributed by atoms with van der Waals surface area (Å²) in [4.78, 5) is 29.6. The van der Waals surface area contributed by atoms with Crippen LogP contribution in [-0.2, 0) is 16.4 Å². The number of anilines is 1. The van der Waals surface area contributed by atoms with E-state index in [4.69, 9.17) is 0 Å². The molecule has 1 aromatic heterocycles. The normalized spacial score (nSPS) is 15.6. The van der Waals surface area contributed by atoms with E-state index in [9.17, 15) is 18.0 Å². The van der Waals surface area contributed by atoms with Gasteiger partial charge in [0, 0.05) is 37.0 Å². The predicted molar refractivity (Wildman–Crippen MR) is 116 cm³/mol. The lowest BCUT2D eigenvalue weighted by Gasteiger charge is -2.11. The average Bonchev–Trinajstić information content (AvgIpc) is 3.24. The highest BCUT2D eigenvalue weighted by molar-refractivity contribution is 7.90. The van der Waals surface area contributed by atoms with E-state index >= 15 is 0 Å². The van der Waals surface area contributed by atoms with E-state index in [0.717, 1.165) is 13.0 Å². The smallest absolute Gasteiger partial charge is 0.284 e. The van der Waals surface area contributed by atoms with Crippen LogP contribution in [0.2, 0.25) is 0 Å². The maximum Gasteiger partial charge on any atom is 0.284 e. The Morgan fingerprint density at radius 2 is 2.03 bits per heavy atom. The Labute approximate surface area is 176 Å². The van der Waals surface area contributed by atoms with E-state index in [1.54, 1.807) is 19.1 Å². The Bertz CT molecular complexity index is 1130. The summed E-state index contributed by atoms with van der Waals surface area (Å²) in [5.41, 5.74) is 2.45. The number of rotatable bonds is 6. The van der Waals surface area contributed by atoms with Crippen LogP contribution in [0.4, 0.5) is 5.69 Å². The number of aryl methyl sites for hydroxylation is 1. The number of nitrogens with one attached hydrogen (secondary N) is 2. The molecule has 0 unspecified atom stereocenters. The van der Waals surface area contributed by atoms with E-state index in [-0.39, 0.29) is 10.7 Å². The van der Waals surface area contributed by atoms with Crippen molar-refractivity contribution in [2.45, 2.75) is 44.9 Å². The first-order valence-corrected chi connectivity index (χ1v) is 11.3. The molecule has 1 amide bonds. The summed E-state index contributed by atoms with van der Waals surface area (Å²) in [6, 6.07) is 6.01. The maximum absolute atomic E-state index is 12.8. The quantitative estimate of drug-likeness (QED) is 0.684. The molecule has 2 N–H and O–H groups in total. The number of ketones is 1. The SMILES string of the molecule is CCc1c(C(=O)Nc2cccc(S(=O)(=O)N=C3CCCN3C)c2)[nH]c(C)c1C(C)=O. The van der Waals surface area contributed by atoms with E-state index in [2.05, 4.69) is 14.7 Å². The van der Waals surface area contributed by atoms with Crippen LogP contribution in [0.25, 0.3) is 0 Å². The number of benzene rings is 1. The zero-order chi connectivity index (χ0) is 22.1. The van der Waals surface area contributed by atoms with Crippen LogP contribution in [-0.4, -0.2) is 49.4 Å². The number of sulfonamides is 1. The van der Waals surface area contributed by atoms with Gasteiger partial charge in [0.15, 0.2) is 5.78 Å². The van der Waals surface area contributed by atoms with Crippen molar-refractivity contribution in [2.24, 2.45) is 4.40 Å². The number of aromatic nitrogens is 1. The molecule has 160 valence electrons. The average molecular weight is 431 g/mol. The molecule has 0 atom stereocenters. The third kappa shape index (κ3) is 4.30. The summed E-state index contributed by atoms with van der Waals surface area (Å²) in [7, 11) is -2.07. The molecular formula is C21H26N4O4S. The summed E-state index contributed by atoms with van der Waals surface area (Å²) in [6.07, 6.45) is 2.01. The highest BCUT2D eigenvalue weighted by Crippen LogP contribution is 2.23. The largest absolute Gasteiger partial charge is 0.362 e. The molecule has 0 bridgehead atoms. The molecule has 1 aliphatic heterocycles. The van der Waals surface area contributed by atoms with E-state index in [1.165, 1.54) is 19.1 Å². The number of carbonyl (C=O) groups excluding carboxylic acids is 2. The van der Waals surface area contributed by atoms with E-state index in [1.807, 2.05) is 18.9 Å². The van der Waals surface area contributed by atoms with E-state index < -0.39 is 15.9 Å². The Kier molecular flexibility index (Phi) is 6.12. The lowest BCUT2D eigenvalue weighted by atomic mass is 10.0. The van der Waals surface area contributed by atoms with Crippen LogP contribution >= 0.6 is 0 Å². The number of likely N-dealkylation sites (tertiary alicyclic amines) is 1. The van der Waals surface area contributed by atoms with Crippen molar-refractivity contribution >= 4 is 33.2 Å². The van der Waals surface area contributed by atoms with Crippen LogP contribution in [0.3, 0.4) is 0 Å². The molecule has 8 nitrogen and oxygen atoms in total. The first-order valence-electron chi connectivity index (χ1n) is 9.82. The molecule has 1 aromatic carbocycles. The number of nitrogens with zero attached hydrogens (tertiary/aromatic N) is 2. The number of Topliss-reactive ketones (excluding diaryl/α,β-unsaturated/α-hetero) is 1. The van der Waals surface area contributed by atoms with Crippen molar-refractivity contribution in [1.29, 1.82) is 0 Å². The second-order valence-electron chi connectivity index (χ2n) is 7.38. The number of amides is 1. The Hall–Kier alpha value is -2.94. The van der Waals surface area contributed by atoms with Crippen molar-refractivity contribution in [3.05, 3.63) is 46.8 Å². The standard InChI is InChI=1S/C21H26N4O4S/c1-5-17-19(14(3)26)13(2)22-20(17)21(27)23-15-8-6-9-16(12-15)30(28,29)24-18-10-7-11-25(18)4/h6,8-9,12,22H,5,7,10-11H2,1-4H3,(H,23,27). The summed E-state index contributed by atoms with van der Waals surface area (Å²) < 4.78 is 29.3. The second kappa shape index (κ2) is 8.43. The summed E-state index contributed by atoms with van der Waals surface area (Å²) >= 11 is 0. The van der Waals surface area contributed by atoms with Crippen LogP contribution in [0, 0.1) is 6.92 Å². The number of carbonyl (C=O) groups is 2. The molecule has 0 saturated carbocycles. The fraction of sp³-hybridized carbons (Fsp3) is 0.381. The molecule has 3 rings (SSSR count). The second-order valence-corrected chi connectivity index (χ2v) is 8.98. The molecule has 0 aliphatic carbocycles. The van der Waals surface area contributed by atoms with Gasteiger partial charge in [0.05, 0.1) is 4.90 Å². The third-order valence-corrected chi connectivity index (χ3v) is 6.47. The van der Waals surface area contributed by atoms with Gasteiger partial charge in [0.25, 0.3) is 15.9 Å². The Morgan fingerprint density at radius 3 is 2.63 bits per heavy atom. The molecule has 1 aliphatic rings. The van der Waals surface area contributed by atoms with Gasteiger partial charge in [-0.15, -0.1) is 4.40 Å². The molecule has 1 fully saturated rings. The van der Waals surface area contributed by atoms with Gasteiger partial charge in [0.2, 0.25) is 0 Å². The number of H-pyrrole nitrogens is 1. The number of aromatic amines is 1. The molecule has 1 saturated heterocycles. The minimum absolute atomic E-state index is 0.0101. The van der Waals surface area contributed by atoms with Gasteiger partial charge >= 0.3 is 0 Å². The van der Waals surface area contributed by atoms with Crippen LogP contribution in [0.5, 0.6) is 0 Å². The van der Waals surface area contributed by atoms with Crippen molar-refractivity contribution in [3.8, 4) is 0 Å².